The fraction of sp³-hybridized carbons (Fsp3) is 0.190. The fourth-order valence-corrected chi connectivity index (χ4v) is 4.41. The first-order chi connectivity index (χ1) is 14.0. The number of aromatic nitrogens is 2. The molecule has 2 aromatic carbocycles. The van der Waals surface area contributed by atoms with Crippen molar-refractivity contribution < 1.29 is 4.79 Å². The molecule has 29 heavy (non-hydrogen) atoms. The van der Waals surface area contributed by atoms with Crippen LogP contribution in [0.1, 0.15) is 5.56 Å². The highest BCUT2D eigenvalue weighted by atomic mass is 35.5. The SMILES string of the molecule is O=C(Cn1c(=O)ccn(Cc2ccccc2)c1=O)N1CCSc2ccc(Cl)cc21. The Balaban J connectivity index is 1.63. The van der Waals surface area contributed by atoms with Crippen molar-refractivity contribution >= 4 is 35.0 Å². The normalized spacial score (nSPS) is 13.2. The molecule has 0 unspecified atom stereocenters. The summed E-state index contributed by atoms with van der Waals surface area (Å²) in [5, 5.41) is 0.533. The number of carbonyl (C=O) groups is 1. The van der Waals surface area contributed by atoms with Crippen molar-refractivity contribution in [1.29, 1.82) is 0 Å². The van der Waals surface area contributed by atoms with Crippen LogP contribution < -0.4 is 16.1 Å². The summed E-state index contributed by atoms with van der Waals surface area (Å²) in [6.07, 6.45) is 1.46. The van der Waals surface area contributed by atoms with E-state index >= 15 is 0 Å². The third-order valence-corrected chi connectivity index (χ3v) is 5.99. The van der Waals surface area contributed by atoms with Gasteiger partial charge in [-0.05, 0) is 23.8 Å². The van der Waals surface area contributed by atoms with Gasteiger partial charge in [0, 0.05) is 34.5 Å². The van der Waals surface area contributed by atoms with Crippen LogP contribution in [0.25, 0.3) is 0 Å². The molecule has 1 aromatic heterocycles. The van der Waals surface area contributed by atoms with Crippen molar-refractivity contribution in [2.75, 3.05) is 17.2 Å². The fourth-order valence-electron chi connectivity index (χ4n) is 3.27. The molecule has 0 bridgehead atoms. The standard InChI is InChI=1S/C21H18ClN3O3S/c22-16-6-7-18-17(12-16)24(10-11-29-18)20(27)14-25-19(26)8-9-23(21(25)28)13-15-4-2-1-3-5-15/h1-9,12H,10-11,13-14H2. The van der Waals surface area contributed by atoms with E-state index in [-0.39, 0.29) is 12.5 Å². The predicted molar refractivity (Wildman–Crippen MR) is 115 cm³/mol. The Labute approximate surface area is 176 Å². The van der Waals surface area contributed by atoms with Crippen molar-refractivity contribution in [2.45, 2.75) is 18.0 Å². The van der Waals surface area contributed by atoms with Crippen molar-refractivity contribution in [1.82, 2.24) is 9.13 Å². The van der Waals surface area contributed by atoms with Gasteiger partial charge < -0.3 is 4.90 Å². The second-order valence-corrected chi connectivity index (χ2v) is 8.22. The summed E-state index contributed by atoms with van der Waals surface area (Å²) in [6.45, 7) is 0.507. The second-order valence-electron chi connectivity index (χ2n) is 6.64. The van der Waals surface area contributed by atoms with Crippen molar-refractivity contribution in [2.24, 2.45) is 0 Å². The van der Waals surface area contributed by atoms with Crippen LogP contribution in [0.5, 0.6) is 0 Å². The number of hydrogen-bond acceptors (Lipinski definition) is 4. The maximum absolute atomic E-state index is 13.0. The van der Waals surface area contributed by atoms with Crippen LogP contribution in [0.2, 0.25) is 5.02 Å². The average Bonchev–Trinajstić information content (AvgIpc) is 2.73. The van der Waals surface area contributed by atoms with Gasteiger partial charge in [-0.25, -0.2) is 4.79 Å². The van der Waals surface area contributed by atoms with Gasteiger partial charge in [-0.3, -0.25) is 18.7 Å². The van der Waals surface area contributed by atoms with E-state index in [4.69, 9.17) is 11.6 Å². The zero-order chi connectivity index (χ0) is 20.4. The number of benzene rings is 2. The number of thioether (sulfide) groups is 1. The number of fused-ring (bicyclic) bond motifs is 1. The minimum absolute atomic E-state index is 0.314. The third-order valence-electron chi connectivity index (χ3n) is 4.71. The molecule has 4 rings (SSSR count). The van der Waals surface area contributed by atoms with Gasteiger partial charge in [-0.1, -0.05) is 41.9 Å². The van der Waals surface area contributed by atoms with E-state index in [1.807, 2.05) is 36.4 Å². The monoisotopic (exact) mass is 427 g/mol. The molecule has 6 nitrogen and oxygen atoms in total. The maximum Gasteiger partial charge on any atom is 0.331 e. The molecule has 0 fully saturated rings. The van der Waals surface area contributed by atoms with Gasteiger partial charge in [-0.15, -0.1) is 11.8 Å². The molecule has 0 radical (unpaired) electrons. The minimum Gasteiger partial charge on any atom is -0.309 e. The summed E-state index contributed by atoms with van der Waals surface area (Å²) < 4.78 is 2.41. The lowest BCUT2D eigenvalue weighted by atomic mass is 10.2. The van der Waals surface area contributed by atoms with Gasteiger partial charge in [0.05, 0.1) is 12.2 Å². The highest BCUT2D eigenvalue weighted by molar-refractivity contribution is 7.99. The second kappa shape index (κ2) is 8.31. The van der Waals surface area contributed by atoms with E-state index in [0.29, 0.717) is 23.8 Å². The number of amides is 1. The molecular formula is C21H18ClN3O3S. The van der Waals surface area contributed by atoms with Crippen LogP contribution in [0.15, 0.2) is 75.3 Å². The molecule has 0 atom stereocenters. The zero-order valence-corrected chi connectivity index (χ0v) is 17.0. The predicted octanol–water partition coefficient (Wildman–Crippen LogP) is 2.85. The van der Waals surface area contributed by atoms with Gasteiger partial charge in [0.2, 0.25) is 5.91 Å². The zero-order valence-electron chi connectivity index (χ0n) is 15.5. The number of rotatable bonds is 4. The van der Waals surface area contributed by atoms with Crippen LogP contribution in [-0.4, -0.2) is 27.3 Å². The topological polar surface area (TPSA) is 64.3 Å². The molecule has 3 aromatic rings. The summed E-state index contributed by atoms with van der Waals surface area (Å²) in [7, 11) is 0. The van der Waals surface area contributed by atoms with Crippen molar-refractivity contribution in [3.05, 3.63) is 92.2 Å². The Bertz CT molecular complexity index is 1170. The van der Waals surface area contributed by atoms with Crippen LogP contribution in [-0.2, 0) is 17.9 Å². The smallest absolute Gasteiger partial charge is 0.309 e. The van der Waals surface area contributed by atoms with Gasteiger partial charge >= 0.3 is 5.69 Å². The van der Waals surface area contributed by atoms with Gasteiger partial charge in [0.1, 0.15) is 6.54 Å². The van der Waals surface area contributed by atoms with Gasteiger partial charge in [-0.2, -0.15) is 0 Å². The number of nitrogens with zero attached hydrogens (tertiary/aromatic N) is 3. The molecule has 148 valence electrons. The first-order valence-electron chi connectivity index (χ1n) is 9.10. The Morgan fingerprint density at radius 1 is 1.07 bits per heavy atom. The Morgan fingerprint density at radius 2 is 1.86 bits per heavy atom. The molecule has 1 aliphatic heterocycles. The molecule has 0 N–H and O–H groups in total. The van der Waals surface area contributed by atoms with Gasteiger partial charge in [0.25, 0.3) is 5.56 Å². The van der Waals surface area contributed by atoms with Gasteiger partial charge in [0.15, 0.2) is 0 Å². The highest BCUT2D eigenvalue weighted by Gasteiger charge is 2.24. The number of halogens is 1. The Kier molecular flexibility index (Phi) is 5.60. The summed E-state index contributed by atoms with van der Waals surface area (Å²) in [5.41, 5.74) is 0.646. The van der Waals surface area contributed by atoms with E-state index in [2.05, 4.69) is 0 Å². The molecular weight excluding hydrogens is 410 g/mol. The molecule has 1 aliphatic rings. The lowest BCUT2D eigenvalue weighted by Crippen LogP contribution is -2.45. The van der Waals surface area contributed by atoms with Crippen LogP contribution in [0.3, 0.4) is 0 Å². The van der Waals surface area contributed by atoms with E-state index in [1.165, 1.54) is 16.8 Å². The molecule has 0 saturated heterocycles. The van der Waals surface area contributed by atoms with Crippen LogP contribution in [0, 0.1) is 0 Å². The maximum atomic E-state index is 13.0. The average molecular weight is 428 g/mol. The summed E-state index contributed by atoms with van der Waals surface area (Å²) in [6, 6.07) is 16.2. The van der Waals surface area contributed by atoms with Crippen LogP contribution >= 0.6 is 23.4 Å². The number of hydrogen-bond donors (Lipinski definition) is 0. The molecule has 0 spiro atoms. The molecule has 1 amide bonds. The van der Waals surface area contributed by atoms with Crippen molar-refractivity contribution in [3.8, 4) is 0 Å². The lowest BCUT2D eigenvalue weighted by molar-refractivity contribution is -0.119. The Hall–Kier alpha value is -2.77. The first kappa shape index (κ1) is 19.5. The molecule has 0 aliphatic carbocycles. The largest absolute Gasteiger partial charge is 0.331 e. The van der Waals surface area contributed by atoms with Crippen LogP contribution in [0.4, 0.5) is 5.69 Å². The first-order valence-corrected chi connectivity index (χ1v) is 10.5. The van der Waals surface area contributed by atoms with Crippen molar-refractivity contribution in [3.63, 3.8) is 0 Å². The molecule has 0 saturated carbocycles. The summed E-state index contributed by atoms with van der Waals surface area (Å²) >= 11 is 7.75. The van der Waals surface area contributed by atoms with E-state index in [9.17, 15) is 14.4 Å². The van der Waals surface area contributed by atoms with E-state index < -0.39 is 11.2 Å². The number of anilines is 1. The lowest BCUT2D eigenvalue weighted by Gasteiger charge is -2.29. The summed E-state index contributed by atoms with van der Waals surface area (Å²) in [5.74, 6) is 0.424. The molecule has 2 heterocycles. The molecule has 8 heteroatoms. The third kappa shape index (κ3) is 4.16. The van der Waals surface area contributed by atoms with E-state index in [0.717, 1.165) is 20.8 Å². The Morgan fingerprint density at radius 3 is 2.66 bits per heavy atom. The van der Waals surface area contributed by atoms with E-state index in [1.54, 1.807) is 28.8 Å². The minimum atomic E-state index is -0.507. The summed E-state index contributed by atoms with van der Waals surface area (Å²) in [4.78, 5) is 40.7. The quantitative estimate of drug-likeness (QED) is 0.642. The highest BCUT2D eigenvalue weighted by Crippen LogP contribution is 2.36. The number of carbonyl (C=O) groups excluding carboxylic acids is 1.